The largest absolute Gasteiger partial charge is 0.493 e. The fourth-order valence-electron chi connectivity index (χ4n) is 5.58. The number of para-hydroxylation sites is 1. The first kappa shape index (κ1) is 23.4. The van der Waals surface area contributed by atoms with Gasteiger partial charge in [0.25, 0.3) is 0 Å². The van der Waals surface area contributed by atoms with Gasteiger partial charge in [0, 0.05) is 24.0 Å². The highest BCUT2D eigenvalue weighted by Crippen LogP contribution is 2.50. The highest BCUT2D eigenvalue weighted by atomic mass is 16.5. The van der Waals surface area contributed by atoms with Crippen LogP contribution in [-0.2, 0) is 16.0 Å². The van der Waals surface area contributed by atoms with Crippen LogP contribution < -0.4 is 20.8 Å². The van der Waals surface area contributed by atoms with E-state index < -0.39 is 5.97 Å². The van der Waals surface area contributed by atoms with E-state index in [2.05, 4.69) is 17.5 Å². The lowest BCUT2D eigenvalue weighted by Crippen LogP contribution is -2.35. The molecule has 0 bridgehead atoms. The van der Waals surface area contributed by atoms with Gasteiger partial charge in [0.15, 0.2) is 0 Å². The van der Waals surface area contributed by atoms with Crippen molar-refractivity contribution in [1.82, 2.24) is 15.3 Å². The topological polar surface area (TPSA) is 101 Å². The summed E-state index contributed by atoms with van der Waals surface area (Å²) in [4.78, 5) is 34.2. The maximum Gasteiger partial charge on any atom is 0.303 e. The molecule has 1 fully saturated rings. The lowest BCUT2D eigenvalue weighted by molar-refractivity contribution is -0.137. The molecule has 1 aliphatic heterocycles. The van der Waals surface area contributed by atoms with Crippen LogP contribution in [0.3, 0.4) is 0 Å². The molecule has 0 radical (unpaired) electrons. The van der Waals surface area contributed by atoms with Crippen molar-refractivity contribution in [2.45, 2.75) is 38.1 Å². The summed E-state index contributed by atoms with van der Waals surface area (Å²) in [6.45, 7) is 0.592. The van der Waals surface area contributed by atoms with Gasteiger partial charge in [-0.1, -0.05) is 60.7 Å². The summed E-state index contributed by atoms with van der Waals surface area (Å²) in [6, 6.07) is 17.8. The van der Waals surface area contributed by atoms with Crippen molar-refractivity contribution in [3.63, 3.8) is 0 Å². The number of aliphatic carboxylic acids is 1. The molecule has 3 aromatic rings. The van der Waals surface area contributed by atoms with Gasteiger partial charge in [-0.15, -0.1) is 0 Å². The Morgan fingerprint density at radius 3 is 2.46 bits per heavy atom. The maximum atomic E-state index is 13.3. The van der Waals surface area contributed by atoms with Crippen LogP contribution in [0.5, 0.6) is 5.75 Å². The molecule has 4 atom stereocenters. The van der Waals surface area contributed by atoms with Crippen molar-refractivity contribution in [3.05, 3.63) is 76.6 Å². The first-order valence-electron chi connectivity index (χ1n) is 13.0. The first-order valence-corrected chi connectivity index (χ1v) is 13.0. The van der Waals surface area contributed by atoms with Gasteiger partial charge in [0.2, 0.25) is 5.91 Å². The standard InChI is InChI=1S/C30H29N3O4/c34-27(35)13-7-5-11-23-29(18-8-2-1-3-9-18)32-25-17-21-20(16-24(25)31-23)28(21)30(36)33-22-14-15-37-26-12-6-4-10-19(22)26/h1-4,6,8-10,12,16-17,20-22,28H,5,7,11,13-15H2,(H,33,36)(H,34,35)/t20?,21-,22-,28?/m1/s1. The molecule has 37 heavy (non-hydrogen) atoms. The number of nitrogens with one attached hydrogen (secondary N) is 1. The lowest BCUT2D eigenvalue weighted by atomic mass is 10.0. The van der Waals surface area contributed by atoms with Gasteiger partial charge >= 0.3 is 5.97 Å². The second-order valence-electron chi connectivity index (χ2n) is 10.0. The number of fused-ring (bicyclic) bond motifs is 3. The summed E-state index contributed by atoms with van der Waals surface area (Å²) in [6.07, 6.45) is 7.10. The zero-order valence-corrected chi connectivity index (χ0v) is 20.5. The number of carboxylic acid groups (broad SMARTS) is 1. The average Bonchev–Trinajstić information content (AvgIpc) is 3.62. The highest BCUT2D eigenvalue weighted by Gasteiger charge is 2.53. The third-order valence-corrected chi connectivity index (χ3v) is 7.54. The molecule has 2 aromatic carbocycles. The summed E-state index contributed by atoms with van der Waals surface area (Å²) in [5.74, 6) is 0.257. The number of carbonyl (C=O) groups excluding carboxylic acids is 1. The van der Waals surface area contributed by atoms with Crippen LogP contribution in [0.25, 0.3) is 23.4 Å². The number of hydrogen-bond acceptors (Lipinski definition) is 5. The molecule has 0 saturated heterocycles. The van der Waals surface area contributed by atoms with E-state index in [0.717, 1.165) is 51.8 Å². The number of hydrogen-bond donors (Lipinski definition) is 2. The van der Waals surface area contributed by atoms with Gasteiger partial charge in [0.05, 0.1) is 40.7 Å². The van der Waals surface area contributed by atoms with Gasteiger partial charge in [-0.2, -0.15) is 0 Å². The van der Waals surface area contributed by atoms with E-state index in [0.29, 0.717) is 19.4 Å². The van der Waals surface area contributed by atoms with E-state index in [1.807, 2.05) is 54.6 Å². The lowest BCUT2D eigenvalue weighted by Gasteiger charge is -2.26. The maximum absolute atomic E-state index is 13.3. The van der Waals surface area contributed by atoms with E-state index in [-0.39, 0.29) is 36.1 Å². The third-order valence-electron chi connectivity index (χ3n) is 7.54. The van der Waals surface area contributed by atoms with Crippen LogP contribution >= 0.6 is 0 Å². The average molecular weight is 496 g/mol. The van der Waals surface area contributed by atoms with Crippen molar-refractivity contribution in [2.75, 3.05) is 6.61 Å². The highest BCUT2D eigenvalue weighted by molar-refractivity contribution is 5.86. The Morgan fingerprint density at radius 2 is 1.68 bits per heavy atom. The molecule has 3 aliphatic rings. The molecule has 2 N–H and O–H groups in total. The molecule has 2 heterocycles. The van der Waals surface area contributed by atoms with Crippen LogP contribution in [0.1, 0.15) is 43.0 Å². The van der Waals surface area contributed by atoms with Gasteiger partial charge in [0.1, 0.15) is 5.75 Å². The predicted molar refractivity (Wildman–Crippen MR) is 139 cm³/mol. The number of ether oxygens (including phenoxy) is 1. The molecule has 2 unspecified atom stereocenters. The zero-order chi connectivity index (χ0) is 25.4. The van der Waals surface area contributed by atoms with Crippen molar-refractivity contribution in [1.29, 1.82) is 0 Å². The predicted octanol–water partition coefficient (Wildman–Crippen LogP) is 3.02. The van der Waals surface area contributed by atoms with Crippen molar-refractivity contribution in [3.8, 4) is 17.0 Å². The first-order chi connectivity index (χ1) is 18.1. The molecule has 7 heteroatoms. The minimum atomic E-state index is -0.781. The quantitative estimate of drug-likeness (QED) is 0.466. The van der Waals surface area contributed by atoms with E-state index in [1.165, 1.54) is 0 Å². The van der Waals surface area contributed by atoms with Gasteiger partial charge in [-0.25, -0.2) is 9.97 Å². The minimum Gasteiger partial charge on any atom is -0.493 e. The fraction of sp³-hybridized carbons (Fsp3) is 0.333. The third kappa shape index (κ3) is 4.73. The molecule has 1 aromatic heterocycles. The van der Waals surface area contributed by atoms with Crippen LogP contribution in [-0.4, -0.2) is 33.6 Å². The molecule has 2 aliphatic carbocycles. The van der Waals surface area contributed by atoms with Crippen molar-refractivity contribution < 1.29 is 19.4 Å². The number of carboxylic acids is 1. The van der Waals surface area contributed by atoms with E-state index in [1.54, 1.807) is 0 Å². The van der Waals surface area contributed by atoms with Crippen LogP contribution in [0, 0.1) is 17.8 Å². The van der Waals surface area contributed by atoms with Crippen LogP contribution in [0.4, 0.5) is 0 Å². The molecule has 0 spiro atoms. The van der Waals surface area contributed by atoms with Gasteiger partial charge < -0.3 is 15.2 Å². The number of carbonyl (C=O) groups is 2. The number of aromatic nitrogens is 2. The monoisotopic (exact) mass is 495 g/mol. The number of unbranched alkanes of at least 4 members (excludes halogenated alkanes) is 1. The van der Waals surface area contributed by atoms with Crippen LogP contribution in [0.2, 0.25) is 0 Å². The molecule has 188 valence electrons. The van der Waals surface area contributed by atoms with Crippen molar-refractivity contribution >= 4 is 24.0 Å². The number of rotatable bonds is 8. The Morgan fingerprint density at radius 1 is 0.946 bits per heavy atom. The Labute approximate surface area is 214 Å². The number of aryl methyl sites for hydroxylation is 1. The Balaban J connectivity index is 1.24. The molecule has 1 amide bonds. The second-order valence-corrected chi connectivity index (χ2v) is 10.0. The Kier molecular flexibility index (Phi) is 6.20. The SMILES string of the molecule is O=C(O)CCCCc1nc2c(nc1-c1ccccc1)=C[C@@H]1C(C=2)C1C(=O)N[C@@H]1CCOc2ccccc21. The second kappa shape index (κ2) is 9.81. The van der Waals surface area contributed by atoms with Gasteiger partial charge in [-0.05, 0) is 37.2 Å². The summed E-state index contributed by atoms with van der Waals surface area (Å²) >= 11 is 0. The Bertz CT molecular complexity index is 1470. The molecule has 7 nitrogen and oxygen atoms in total. The van der Waals surface area contributed by atoms with Crippen molar-refractivity contribution in [2.24, 2.45) is 17.8 Å². The van der Waals surface area contributed by atoms with Gasteiger partial charge in [-0.3, -0.25) is 9.59 Å². The number of amides is 1. The minimum absolute atomic E-state index is 0.0409. The smallest absolute Gasteiger partial charge is 0.303 e. The Hall–Kier alpha value is -4.00. The summed E-state index contributed by atoms with van der Waals surface area (Å²) in [7, 11) is 0. The fourth-order valence-corrected chi connectivity index (χ4v) is 5.58. The normalized spacial score (nSPS) is 22.7. The molecular formula is C30H29N3O4. The molecule has 6 rings (SSSR count). The molecular weight excluding hydrogens is 466 g/mol. The number of benzene rings is 2. The van der Waals surface area contributed by atoms with Crippen LogP contribution in [0.15, 0.2) is 54.6 Å². The zero-order valence-electron chi connectivity index (χ0n) is 20.5. The summed E-state index contributed by atoms with van der Waals surface area (Å²) in [5.41, 5.74) is 3.73. The van der Waals surface area contributed by atoms with E-state index in [4.69, 9.17) is 19.8 Å². The van der Waals surface area contributed by atoms with E-state index in [9.17, 15) is 9.59 Å². The summed E-state index contributed by atoms with van der Waals surface area (Å²) in [5, 5.41) is 13.9. The molecule has 1 saturated carbocycles. The summed E-state index contributed by atoms with van der Waals surface area (Å²) < 4.78 is 5.74. The number of nitrogens with zero attached hydrogens (tertiary/aromatic N) is 2. The van der Waals surface area contributed by atoms with E-state index >= 15 is 0 Å².